The van der Waals surface area contributed by atoms with Crippen LogP contribution in [0.4, 0.5) is 0 Å². The first-order chi connectivity index (χ1) is 16.4. The van der Waals surface area contributed by atoms with E-state index in [0.29, 0.717) is 19.6 Å². The van der Waals surface area contributed by atoms with Crippen molar-refractivity contribution in [3.05, 3.63) is 81.3 Å². The monoisotopic (exact) mass is 497 g/mol. The number of carbonyl (C=O) groups is 1. The molecule has 5 nitrogen and oxygen atoms in total. The van der Waals surface area contributed by atoms with Crippen molar-refractivity contribution < 1.29 is 9.53 Å². The maximum Gasteiger partial charge on any atom is 0.223 e. The molecule has 4 rings (SSSR count). The van der Waals surface area contributed by atoms with Crippen molar-refractivity contribution in [1.29, 1.82) is 0 Å². The third-order valence-electron chi connectivity index (χ3n) is 6.47. The lowest BCUT2D eigenvalue weighted by molar-refractivity contribution is -0.135. The molecular formula is C27H32ClN3O2S. The molecule has 1 aliphatic heterocycles. The molecule has 1 unspecified atom stereocenters. The summed E-state index contributed by atoms with van der Waals surface area (Å²) >= 11 is 7.87. The summed E-state index contributed by atoms with van der Waals surface area (Å²) in [6.45, 7) is 5.71. The Bertz CT molecular complexity index is 1080. The first kappa shape index (κ1) is 24.7. The van der Waals surface area contributed by atoms with Gasteiger partial charge in [-0.25, -0.2) is 4.98 Å². The number of rotatable bonds is 9. The SMILES string of the molecule is Cc1cc(OCC2(CC(=O)N(C)Cc3ccccc3)CCCN(Cc3nccs3)C2)ccc1Cl. The Hall–Kier alpha value is -2.41. The molecule has 0 bridgehead atoms. The largest absolute Gasteiger partial charge is 0.493 e. The molecule has 1 amide bonds. The van der Waals surface area contributed by atoms with E-state index in [4.69, 9.17) is 16.3 Å². The van der Waals surface area contributed by atoms with Crippen LogP contribution in [-0.4, -0.2) is 47.4 Å². The highest BCUT2D eigenvalue weighted by molar-refractivity contribution is 7.09. The minimum absolute atomic E-state index is 0.149. The summed E-state index contributed by atoms with van der Waals surface area (Å²) in [5.74, 6) is 0.944. The van der Waals surface area contributed by atoms with Gasteiger partial charge in [0.05, 0.1) is 13.2 Å². The highest BCUT2D eigenvalue weighted by Gasteiger charge is 2.39. The Balaban J connectivity index is 1.48. The Morgan fingerprint density at radius 1 is 1.26 bits per heavy atom. The van der Waals surface area contributed by atoms with Crippen molar-refractivity contribution in [3.8, 4) is 5.75 Å². The molecular weight excluding hydrogens is 466 g/mol. The Morgan fingerprint density at radius 2 is 2.09 bits per heavy atom. The van der Waals surface area contributed by atoms with Crippen LogP contribution in [0.5, 0.6) is 5.75 Å². The number of hydrogen-bond acceptors (Lipinski definition) is 5. The van der Waals surface area contributed by atoms with Gasteiger partial charge in [-0.3, -0.25) is 9.69 Å². The normalized spacial score (nSPS) is 18.6. The van der Waals surface area contributed by atoms with Crippen LogP contribution in [-0.2, 0) is 17.9 Å². The number of aryl methyl sites for hydroxylation is 1. The third-order valence-corrected chi connectivity index (χ3v) is 7.66. The van der Waals surface area contributed by atoms with E-state index in [1.54, 1.807) is 11.3 Å². The molecule has 2 aromatic carbocycles. The molecule has 1 atom stereocenters. The molecule has 0 N–H and O–H groups in total. The van der Waals surface area contributed by atoms with Crippen molar-refractivity contribution >= 4 is 28.8 Å². The smallest absolute Gasteiger partial charge is 0.223 e. The molecule has 34 heavy (non-hydrogen) atoms. The molecule has 1 saturated heterocycles. The molecule has 180 valence electrons. The molecule has 3 aromatic rings. The number of thiazole rings is 1. The summed E-state index contributed by atoms with van der Waals surface area (Å²) in [5, 5.41) is 3.85. The quantitative estimate of drug-likeness (QED) is 0.374. The first-order valence-corrected chi connectivity index (χ1v) is 13.0. The van der Waals surface area contributed by atoms with Gasteiger partial charge in [0.15, 0.2) is 0 Å². The van der Waals surface area contributed by atoms with Crippen LogP contribution in [0.15, 0.2) is 60.1 Å². The van der Waals surface area contributed by atoms with Gasteiger partial charge in [-0.05, 0) is 55.6 Å². The molecule has 2 heterocycles. The number of likely N-dealkylation sites (tertiary alicyclic amines) is 1. The van der Waals surface area contributed by atoms with E-state index in [1.165, 1.54) is 0 Å². The Labute approximate surface area is 211 Å². The maximum absolute atomic E-state index is 13.4. The topological polar surface area (TPSA) is 45.7 Å². The van der Waals surface area contributed by atoms with Crippen molar-refractivity contribution in [2.24, 2.45) is 5.41 Å². The summed E-state index contributed by atoms with van der Waals surface area (Å²) in [6.07, 6.45) is 4.30. The van der Waals surface area contributed by atoms with Gasteiger partial charge in [0, 0.05) is 48.6 Å². The number of carbonyl (C=O) groups excluding carboxylic acids is 1. The van der Waals surface area contributed by atoms with Crippen LogP contribution in [0.1, 0.15) is 35.4 Å². The van der Waals surface area contributed by atoms with E-state index in [-0.39, 0.29) is 11.3 Å². The fourth-order valence-corrected chi connectivity index (χ4v) is 5.40. The van der Waals surface area contributed by atoms with Crippen LogP contribution >= 0.6 is 22.9 Å². The van der Waals surface area contributed by atoms with Crippen LogP contribution < -0.4 is 4.74 Å². The highest BCUT2D eigenvalue weighted by Crippen LogP contribution is 2.36. The van der Waals surface area contributed by atoms with E-state index < -0.39 is 0 Å². The van der Waals surface area contributed by atoms with E-state index in [0.717, 1.165) is 59.4 Å². The molecule has 0 radical (unpaired) electrons. The molecule has 0 saturated carbocycles. The second-order valence-electron chi connectivity index (χ2n) is 9.35. The lowest BCUT2D eigenvalue weighted by Crippen LogP contribution is -2.48. The van der Waals surface area contributed by atoms with E-state index >= 15 is 0 Å². The molecule has 0 spiro atoms. The number of amides is 1. The van der Waals surface area contributed by atoms with Gasteiger partial charge >= 0.3 is 0 Å². The molecule has 1 aromatic heterocycles. The van der Waals surface area contributed by atoms with E-state index in [1.807, 2.05) is 66.8 Å². The van der Waals surface area contributed by atoms with Crippen LogP contribution in [0, 0.1) is 12.3 Å². The Morgan fingerprint density at radius 3 is 2.82 bits per heavy atom. The maximum atomic E-state index is 13.4. The van der Waals surface area contributed by atoms with Crippen molar-refractivity contribution in [2.45, 2.75) is 39.3 Å². The van der Waals surface area contributed by atoms with E-state index in [9.17, 15) is 4.79 Å². The molecule has 1 fully saturated rings. The minimum atomic E-state index is -0.259. The predicted octanol–water partition coefficient (Wildman–Crippen LogP) is 5.81. The molecule has 0 aliphatic carbocycles. The minimum Gasteiger partial charge on any atom is -0.493 e. The lowest BCUT2D eigenvalue weighted by Gasteiger charge is -2.42. The third kappa shape index (κ3) is 6.59. The highest BCUT2D eigenvalue weighted by atomic mass is 35.5. The summed E-state index contributed by atoms with van der Waals surface area (Å²) < 4.78 is 6.30. The van der Waals surface area contributed by atoms with Gasteiger partial charge in [0.2, 0.25) is 5.91 Å². The fraction of sp³-hybridized carbons (Fsp3) is 0.407. The standard InChI is InChI=1S/C27H32ClN3O2S/c1-21-15-23(9-10-24(21)28)33-20-27(11-6-13-31(19-27)18-25-29-12-14-34-25)16-26(32)30(2)17-22-7-4-3-5-8-22/h3-5,7-10,12,14-15H,6,11,13,16-20H2,1-2H3. The zero-order valence-electron chi connectivity index (χ0n) is 19.9. The summed E-state index contributed by atoms with van der Waals surface area (Å²) in [4.78, 5) is 22.1. The number of ether oxygens (including phenoxy) is 1. The second kappa shape index (κ2) is 11.3. The zero-order valence-corrected chi connectivity index (χ0v) is 21.4. The number of nitrogens with zero attached hydrogens (tertiary/aromatic N) is 3. The van der Waals surface area contributed by atoms with Gasteiger partial charge in [0.1, 0.15) is 10.8 Å². The van der Waals surface area contributed by atoms with Gasteiger partial charge in [-0.1, -0.05) is 41.9 Å². The summed E-state index contributed by atoms with van der Waals surface area (Å²) in [7, 11) is 1.89. The molecule has 7 heteroatoms. The summed E-state index contributed by atoms with van der Waals surface area (Å²) in [6, 6.07) is 15.9. The van der Waals surface area contributed by atoms with Crippen molar-refractivity contribution in [3.63, 3.8) is 0 Å². The first-order valence-electron chi connectivity index (χ1n) is 11.7. The lowest BCUT2D eigenvalue weighted by atomic mass is 9.77. The van der Waals surface area contributed by atoms with Gasteiger partial charge in [-0.2, -0.15) is 0 Å². The molecule has 1 aliphatic rings. The predicted molar refractivity (Wildman–Crippen MR) is 138 cm³/mol. The van der Waals surface area contributed by atoms with Gasteiger partial charge in [-0.15, -0.1) is 11.3 Å². The van der Waals surface area contributed by atoms with Crippen LogP contribution in [0.3, 0.4) is 0 Å². The number of hydrogen-bond donors (Lipinski definition) is 0. The zero-order chi connectivity index (χ0) is 24.0. The fourth-order valence-electron chi connectivity index (χ4n) is 4.63. The number of halogens is 1. The van der Waals surface area contributed by atoms with Gasteiger partial charge in [0.25, 0.3) is 0 Å². The van der Waals surface area contributed by atoms with E-state index in [2.05, 4.69) is 22.0 Å². The number of benzene rings is 2. The number of piperidine rings is 1. The Kier molecular flexibility index (Phi) is 8.24. The van der Waals surface area contributed by atoms with Gasteiger partial charge < -0.3 is 9.64 Å². The average molecular weight is 498 g/mol. The van der Waals surface area contributed by atoms with Crippen LogP contribution in [0.25, 0.3) is 0 Å². The van der Waals surface area contributed by atoms with Crippen LogP contribution in [0.2, 0.25) is 5.02 Å². The average Bonchev–Trinajstić information content (AvgIpc) is 3.34. The van der Waals surface area contributed by atoms with Crippen molar-refractivity contribution in [2.75, 3.05) is 26.7 Å². The van der Waals surface area contributed by atoms with Crippen molar-refractivity contribution in [1.82, 2.24) is 14.8 Å². The summed E-state index contributed by atoms with van der Waals surface area (Å²) in [5.41, 5.74) is 1.86. The second-order valence-corrected chi connectivity index (χ2v) is 10.7. The number of aromatic nitrogens is 1.